The van der Waals surface area contributed by atoms with Crippen molar-refractivity contribution in [2.75, 3.05) is 5.32 Å². The lowest BCUT2D eigenvalue weighted by Crippen LogP contribution is -2.45. The average molecular weight is 410 g/mol. The zero-order chi connectivity index (χ0) is 18.8. The van der Waals surface area contributed by atoms with Crippen LogP contribution >= 0.6 is 35.4 Å². The monoisotopic (exact) mass is 409 g/mol. The molecule has 1 atom stereocenters. The molecule has 0 fully saturated rings. The van der Waals surface area contributed by atoms with Gasteiger partial charge in [-0.3, -0.25) is 4.79 Å². The molecule has 0 aliphatic carbocycles. The molecular formula is C18H14Cl2FN3OS. The van der Waals surface area contributed by atoms with Crippen molar-refractivity contribution in [1.29, 1.82) is 0 Å². The van der Waals surface area contributed by atoms with Gasteiger partial charge in [0.25, 0.3) is 5.91 Å². The molecule has 3 N–H and O–H groups in total. The van der Waals surface area contributed by atoms with E-state index >= 15 is 0 Å². The molecule has 3 rings (SSSR count). The molecule has 8 heteroatoms. The van der Waals surface area contributed by atoms with E-state index in [4.69, 9.17) is 35.4 Å². The van der Waals surface area contributed by atoms with Crippen LogP contribution in [-0.4, -0.2) is 11.0 Å². The molecule has 26 heavy (non-hydrogen) atoms. The topological polar surface area (TPSA) is 53.2 Å². The highest BCUT2D eigenvalue weighted by Crippen LogP contribution is 2.35. The lowest BCUT2D eigenvalue weighted by atomic mass is 9.95. The molecule has 0 aromatic heterocycles. The Hall–Kier alpha value is -2.15. The molecule has 2 aromatic carbocycles. The van der Waals surface area contributed by atoms with E-state index in [-0.39, 0.29) is 11.7 Å². The highest BCUT2D eigenvalue weighted by Gasteiger charge is 2.31. The third-order valence-corrected chi connectivity index (χ3v) is 4.96. The van der Waals surface area contributed by atoms with Crippen LogP contribution in [0, 0.1) is 5.82 Å². The van der Waals surface area contributed by atoms with Gasteiger partial charge in [0.1, 0.15) is 5.82 Å². The summed E-state index contributed by atoms with van der Waals surface area (Å²) in [5.74, 6) is -0.744. The van der Waals surface area contributed by atoms with Gasteiger partial charge < -0.3 is 16.0 Å². The number of carbonyl (C=O) groups excluding carboxylic acids is 1. The summed E-state index contributed by atoms with van der Waals surface area (Å²) in [6, 6.07) is 10.1. The third-order valence-electron chi connectivity index (χ3n) is 3.91. The second-order valence-corrected chi connectivity index (χ2v) is 6.87. The maximum atomic E-state index is 13.1. The van der Waals surface area contributed by atoms with Crippen LogP contribution in [0.2, 0.25) is 10.0 Å². The number of benzene rings is 2. The van der Waals surface area contributed by atoms with Gasteiger partial charge in [0.2, 0.25) is 0 Å². The molecule has 0 unspecified atom stereocenters. The quantitative estimate of drug-likeness (QED) is 0.650. The minimum absolute atomic E-state index is 0.344. The average Bonchev–Trinajstić information content (AvgIpc) is 2.58. The summed E-state index contributed by atoms with van der Waals surface area (Å²) >= 11 is 17.7. The molecule has 1 amide bonds. The van der Waals surface area contributed by atoms with Crippen molar-refractivity contribution in [2.45, 2.75) is 13.0 Å². The Morgan fingerprint density at radius 3 is 2.58 bits per heavy atom. The van der Waals surface area contributed by atoms with Crippen molar-refractivity contribution in [2.24, 2.45) is 0 Å². The summed E-state index contributed by atoms with van der Waals surface area (Å²) < 4.78 is 13.1. The van der Waals surface area contributed by atoms with Gasteiger partial charge in [-0.15, -0.1) is 0 Å². The Kier molecular flexibility index (Phi) is 5.46. The Morgan fingerprint density at radius 2 is 1.88 bits per heavy atom. The number of thiocarbonyl (C=S) groups is 1. The van der Waals surface area contributed by atoms with Crippen molar-refractivity contribution < 1.29 is 9.18 Å². The van der Waals surface area contributed by atoms with Crippen LogP contribution < -0.4 is 16.0 Å². The summed E-state index contributed by atoms with van der Waals surface area (Å²) in [5.41, 5.74) is 2.11. The normalized spacial score (nSPS) is 16.8. The maximum absolute atomic E-state index is 13.1. The predicted molar refractivity (Wildman–Crippen MR) is 106 cm³/mol. The predicted octanol–water partition coefficient (Wildman–Crippen LogP) is 4.56. The van der Waals surface area contributed by atoms with Gasteiger partial charge in [-0.05, 0) is 55.0 Å². The van der Waals surface area contributed by atoms with Gasteiger partial charge in [0.15, 0.2) is 5.11 Å². The molecule has 134 valence electrons. The first-order chi connectivity index (χ1) is 12.4. The number of hydrogen-bond donors (Lipinski definition) is 3. The number of carbonyl (C=O) groups is 1. The summed E-state index contributed by atoms with van der Waals surface area (Å²) in [6.45, 7) is 1.75. The van der Waals surface area contributed by atoms with Gasteiger partial charge in [-0.2, -0.15) is 0 Å². The van der Waals surface area contributed by atoms with Crippen molar-refractivity contribution >= 4 is 52.1 Å². The van der Waals surface area contributed by atoms with Gasteiger partial charge in [-0.1, -0.05) is 35.3 Å². The molecule has 0 radical (unpaired) electrons. The van der Waals surface area contributed by atoms with E-state index in [2.05, 4.69) is 16.0 Å². The SMILES string of the molecule is CC1=C(C(=O)Nc2ccc(F)cc2)[C@H](c2cccc(Cl)c2Cl)NC(=S)N1. The fraction of sp³-hybridized carbons (Fsp3) is 0.111. The van der Waals surface area contributed by atoms with E-state index < -0.39 is 6.04 Å². The molecule has 1 aliphatic heterocycles. The fourth-order valence-electron chi connectivity index (χ4n) is 2.70. The van der Waals surface area contributed by atoms with Crippen LogP contribution in [-0.2, 0) is 4.79 Å². The number of allylic oxidation sites excluding steroid dienone is 1. The molecule has 0 saturated carbocycles. The van der Waals surface area contributed by atoms with E-state index in [1.165, 1.54) is 24.3 Å². The highest BCUT2D eigenvalue weighted by atomic mass is 35.5. The summed E-state index contributed by atoms with van der Waals surface area (Å²) in [7, 11) is 0. The molecule has 1 heterocycles. The number of anilines is 1. The summed E-state index contributed by atoms with van der Waals surface area (Å²) in [6.07, 6.45) is 0. The second-order valence-electron chi connectivity index (χ2n) is 5.67. The number of nitrogens with one attached hydrogen (secondary N) is 3. The number of rotatable bonds is 3. The first-order valence-corrected chi connectivity index (χ1v) is 8.82. The van der Waals surface area contributed by atoms with E-state index in [0.29, 0.717) is 37.7 Å². The lowest BCUT2D eigenvalue weighted by molar-refractivity contribution is -0.113. The summed E-state index contributed by atoms with van der Waals surface area (Å²) in [5, 5.41) is 9.85. The van der Waals surface area contributed by atoms with Crippen molar-refractivity contribution in [1.82, 2.24) is 10.6 Å². The molecule has 4 nitrogen and oxygen atoms in total. The van der Waals surface area contributed by atoms with E-state index in [0.717, 1.165) is 0 Å². The van der Waals surface area contributed by atoms with E-state index in [1.54, 1.807) is 25.1 Å². The molecule has 0 bridgehead atoms. The van der Waals surface area contributed by atoms with Crippen LogP contribution in [0.1, 0.15) is 18.5 Å². The third kappa shape index (κ3) is 3.82. The van der Waals surface area contributed by atoms with Crippen molar-refractivity contribution in [3.05, 3.63) is 75.2 Å². The Balaban J connectivity index is 1.99. The van der Waals surface area contributed by atoms with Crippen molar-refractivity contribution in [3.8, 4) is 0 Å². The van der Waals surface area contributed by atoms with Gasteiger partial charge in [0.05, 0.1) is 21.7 Å². The standard InChI is InChI=1S/C18H14Cl2FN3OS/c1-9-14(17(25)23-11-7-5-10(21)6-8-11)16(24-18(26)22-9)12-3-2-4-13(19)15(12)20/h2-8,16H,1H3,(H,23,25)(H2,22,24,26)/t16-/m0/s1. The summed E-state index contributed by atoms with van der Waals surface area (Å²) in [4.78, 5) is 12.9. The van der Waals surface area contributed by atoms with Crippen LogP contribution in [0.4, 0.5) is 10.1 Å². The number of amides is 1. The van der Waals surface area contributed by atoms with E-state index in [1.807, 2.05) is 0 Å². The first-order valence-electron chi connectivity index (χ1n) is 7.66. The van der Waals surface area contributed by atoms with Crippen molar-refractivity contribution in [3.63, 3.8) is 0 Å². The van der Waals surface area contributed by atoms with Gasteiger partial charge in [0, 0.05) is 11.4 Å². The molecule has 0 saturated heterocycles. The lowest BCUT2D eigenvalue weighted by Gasteiger charge is -2.31. The van der Waals surface area contributed by atoms with Crippen LogP contribution in [0.5, 0.6) is 0 Å². The molecule has 1 aliphatic rings. The van der Waals surface area contributed by atoms with E-state index in [9.17, 15) is 9.18 Å². The zero-order valence-electron chi connectivity index (χ0n) is 13.6. The Labute approximate surface area is 165 Å². The smallest absolute Gasteiger partial charge is 0.255 e. The Bertz CT molecular complexity index is 915. The second kappa shape index (κ2) is 7.61. The molecular weight excluding hydrogens is 396 g/mol. The molecule has 0 spiro atoms. The van der Waals surface area contributed by atoms with Gasteiger partial charge in [-0.25, -0.2) is 4.39 Å². The largest absolute Gasteiger partial charge is 0.351 e. The minimum Gasteiger partial charge on any atom is -0.351 e. The highest BCUT2D eigenvalue weighted by molar-refractivity contribution is 7.80. The molecule has 2 aromatic rings. The Morgan fingerprint density at radius 1 is 1.19 bits per heavy atom. The van der Waals surface area contributed by atoms with Crippen LogP contribution in [0.25, 0.3) is 0 Å². The minimum atomic E-state index is -0.574. The maximum Gasteiger partial charge on any atom is 0.255 e. The number of hydrogen-bond acceptors (Lipinski definition) is 2. The fourth-order valence-corrected chi connectivity index (χ4v) is 3.39. The number of halogens is 3. The van der Waals surface area contributed by atoms with Crippen LogP contribution in [0.3, 0.4) is 0 Å². The first kappa shape index (κ1) is 18.6. The van der Waals surface area contributed by atoms with Crippen LogP contribution in [0.15, 0.2) is 53.7 Å². The van der Waals surface area contributed by atoms with Gasteiger partial charge >= 0.3 is 0 Å². The zero-order valence-corrected chi connectivity index (χ0v) is 15.9.